The minimum absolute atomic E-state index is 0.0153. The summed E-state index contributed by atoms with van der Waals surface area (Å²) < 4.78 is 15.3. The van der Waals surface area contributed by atoms with Crippen molar-refractivity contribution in [3.05, 3.63) is 17.5 Å². The van der Waals surface area contributed by atoms with E-state index < -0.39 is 67.8 Å². The maximum Gasteiger partial charge on any atom is 0.552 e. The van der Waals surface area contributed by atoms with Gasteiger partial charge in [-0.25, -0.2) is 4.79 Å². The Bertz CT molecular complexity index is 897. The van der Waals surface area contributed by atoms with E-state index in [1.807, 2.05) is 0 Å². The summed E-state index contributed by atoms with van der Waals surface area (Å²) in [5, 5.41) is 27.0. The Kier molecular flexibility index (Phi) is 7.97. The van der Waals surface area contributed by atoms with Crippen molar-refractivity contribution in [2.75, 3.05) is 6.54 Å². The molecule has 2 amide bonds. The lowest BCUT2D eigenvalue weighted by Crippen LogP contribution is -2.61. The molecule has 0 aromatic carbocycles. The van der Waals surface area contributed by atoms with Crippen LogP contribution in [0, 0.1) is 12.8 Å². The minimum atomic E-state index is -2.33. The fraction of sp³-hybridized carbons (Fsp3) is 0.556. The molecule has 174 valence electrons. The third-order valence-corrected chi connectivity index (χ3v) is 4.52. The molecule has 2 rings (SSSR count). The molecule has 0 radical (unpaired) electrons. The highest BCUT2D eigenvalue weighted by Gasteiger charge is 2.54. The van der Waals surface area contributed by atoms with Crippen LogP contribution in [0.5, 0.6) is 0 Å². The second kappa shape index (κ2) is 10.3. The van der Waals surface area contributed by atoms with Gasteiger partial charge < -0.3 is 34.7 Å². The number of carboxylic acids is 2. The Morgan fingerprint density at radius 2 is 1.97 bits per heavy atom. The largest absolute Gasteiger partial charge is 0.552 e. The SMILES string of the molecule is Cc1cc(C(=O)NCC(=O)N[C@@H](CC(C)C)B2OC(=O)CC(CC(=O)O)(C(=O)O)O2)no1. The van der Waals surface area contributed by atoms with Gasteiger partial charge >= 0.3 is 19.1 Å². The molecule has 0 spiro atoms. The smallest absolute Gasteiger partial charge is 0.508 e. The molecule has 14 heteroatoms. The topological polar surface area (TPSA) is 194 Å². The van der Waals surface area contributed by atoms with E-state index in [9.17, 15) is 29.1 Å². The van der Waals surface area contributed by atoms with Gasteiger partial charge in [-0.2, -0.15) is 0 Å². The quantitative estimate of drug-likeness (QED) is 0.335. The number of carbonyl (C=O) groups is 5. The van der Waals surface area contributed by atoms with Crippen molar-refractivity contribution in [2.45, 2.75) is 51.6 Å². The van der Waals surface area contributed by atoms with Crippen molar-refractivity contribution in [1.82, 2.24) is 15.8 Å². The zero-order valence-electron chi connectivity index (χ0n) is 17.7. The highest BCUT2D eigenvalue weighted by atomic mass is 16.6. The van der Waals surface area contributed by atoms with Crippen LogP contribution in [-0.4, -0.2) is 70.3 Å². The first-order chi connectivity index (χ1) is 14.9. The van der Waals surface area contributed by atoms with E-state index in [1.165, 1.54) is 6.07 Å². The van der Waals surface area contributed by atoms with Crippen LogP contribution in [0.15, 0.2) is 10.6 Å². The molecular formula is C18H24BN3O10. The Hall–Kier alpha value is -3.42. The van der Waals surface area contributed by atoms with Crippen LogP contribution in [0.4, 0.5) is 0 Å². The molecule has 1 unspecified atom stereocenters. The Morgan fingerprint density at radius 1 is 1.28 bits per heavy atom. The molecule has 32 heavy (non-hydrogen) atoms. The lowest BCUT2D eigenvalue weighted by molar-refractivity contribution is -0.175. The minimum Gasteiger partial charge on any atom is -0.508 e. The van der Waals surface area contributed by atoms with Gasteiger partial charge in [0.05, 0.1) is 25.3 Å². The Morgan fingerprint density at radius 3 is 2.50 bits per heavy atom. The third-order valence-electron chi connectivity index (χ3n) is 4.52. The van der Waals surface area contributed by atoms with Crippen LogP contribution in [0.3, 0.4) is 0 Å². The van der Waals surface area contributed by atoms with E-state index in [0.717, 1.165) is 0 Å². The maximum atomic E-state index is 12.4. The van der Waals surface area contributed by atoms with Crippen LogP contribution in [-0.2, 0) is 28.5 Å². The number of carboxylic acid groups (broad SMARTS) is 2. The summed E-state index contributed by atoms with van der Waals surface area (Å²) in [7, 11) is -1.54. The van der Waals surface area contributed by atoms with Crippen LogP contribution in [0.25, 0.3) is 0 Å². The standard InChI is InChI=1S/C18H24BN3O10/c1-9(2)4-12(21-13(23)8-20-16(27)11-5-10(3)31-22-11)19-30-15(26)7-18(32-19,17(28)29)6-14(24)25/h5,9,12H,4,6-8H2,1-3H3,(H,20,27)(H,21,23)(H,24,25)(H,28,29)/t12-,18?/m0/s1. The molecule has 1 aromatic rings. The Balaban J connectivity index is 2.11. The molecule has 1 aliphatic heterocycles. The van der Waals surface area contributed by atoms with E-state index in [-0.39, 0.29) is 18.0 Å². The van der Waals surface area contributed by atoms with Crippen LogP contribution in [0.2, 0.25) is 0 Å². The second-order valence-electron chi connectivity index (χ2n) is 7.83. The van der Waals surface area contributed by atoms with Gasteiger partial charge in [-0.05, 0) is 19.3 Å². The van der Waals surface area contributed by atoms with E-state index in [4.69, 9.17) is 18.9 Å². The molecule has 0 saturated carbocycles. The number of hydrogen-bond donors (Lipinski definition) is 4. The van der Waals surface area contributed by atoms with Gasteiger partial charge in [0.1, 0.15) is 5.76 Å². The van der Waals surface area contributed by atoms with Gasteiger partial charge in [0.15, 0.2) is 11.3 Å². The molecule has 0 aliphatic carbocycles. The van der Waals surface area contributed by atoms with Gasteiger partial charge in [0.25, 0.3) is 11.9 Å². The van der Waals surface area contributed by atoms with Gasteiger partial charge in [0.2, 0.25) is 5.91 Å². The number of nitrogens with one attached hydrogen (secondary N) is 2. The molecular weight excluding hydrogens is 429 g/mol. The first kappa shape index (κ1) is 24.9. The van der Waals surface area contributed by atoms with Crippen LogP contribution in [0.1, 0.15) is 49.4 Å². The predicted molar refractivity (Wildman–Crippen MR) is 105 cm³/mol. The van der Waals surface area contributed by atoms with E-state index in [2.05, 4.69) is 15.8 Å². The number of aliphatic carboxylic acids is 2. The number of rotatable bonds is 10. The van der Waals surface area contributed by atoms with Crippen molar-refractivity contribution < 1.29 is 48.0 Å². The summed E-state index contributed by atoms with van der Waals surface area (Å²) in [6.07, 6.45) is -1.55. The molecule has 1 saturated heterocycles. The normalized spacial score (nSPS) is 19.2. The van der Waals surface area contributed by atoms with Crippen molar-refractivity contribution in [3.8, 4) is 0 Å². The highest BCUT2D eigenvalue weighted by molar-refractivity contribution is 6.50. The third kappa shape index (κ3) is 6.54. The van der Waals surface area contributed by atoms with E-state index in [1.54, 1.807) is 20.8 Å². The zero-order valence-corrected chi connectivity index (χ0v) is 17.7. The lowest BCUT2D eigenvalue weighted by atomic mass is 9.70. The number of aryl methyl sites for hydroxylation is 1. The monoisotopic (exact) mass is 453 g/mol. The fourth-order valence-corrected chi connectivity index (χ4v) is 3.14. The fourth-order valence-electron chi connectivity index (χ4n) is 3.14. The van der Waals surface area contributed by atoms with Gasteiger partial charge in [-0.1, -0.05) is 19.0 Å². The van der Waals surface area contributed by atoms with Crippen molar-refractivity contribution in [1.29, 1.82) is 0 Å². The molecule has 4 N–H and O–H groups in total. The lowest BCUT2D eigenvalue weighted by Gasteiger charge is -2.37. The number of amides is 2. The maximum absolute atomic E-state index is 12.4. The number of aromatic nitrogens is 1. The average molecular weight is 453 g/mol. The summed E-state index contributed by atoms with van der Waals surface area (Å²) in [5.74, 6) is -6.03. The summed E-state index contributed by atoms with van der Waals surface area (Å²) in [6, 6.07) is 1.39. The predicted octanol–water partition coefficient (Wildman–Crippen LogP) is -0.467. The zero-order chi connectivity index (χ0) is 24.1. The number of hydrogen-bond acceptors (Lipinski definition) is 9. The highest BCUT2D eigenvalue weighted by Crippen LogP contribution is 2.30. The summed E-state index contributed by atoms with van der Waals surface area (Å²) in [6.45, 7) is 4.75. The molecule has 1 aliphatic rings. The van der Waals surface area contributed by atoms with Gasteiger partial charge in [0, 0.05) is 6.07 Å². The summed E-state index contributed by atoms with van der Waals surface area (Å²) in [4.78, 5) is 59.4. The van der Waals surface area contributed by atoms with Crippen LogP contribution >= 0.6 is 0 Å². The Labute approximate surface area is 182 Å². The first-order valence-corrected chi connectivity index (χ1v) is 9.75. The van der Waals surface area contributed by atoms with E-state index in [0.29, 0.717) is 5.76 Å². The summed E-state index contributed by atoms with van der Waals surface area (Å²) in [5.41, 5.74) is -2.34. The number of carbonyl (C=O) groups excluding carboxylic acids is 3. The number of nitrogens with zero attached hydrogens (tertiary/aromatic N) is 1. The first-order valence-electron chi connectivity index (χ1n) is 9.75. The molecule has 13 nitrogen and oxygen atoms in total. The molecule has 2 heterocycles. The average Bonchev–Trinajstić information content (AvgIpc) is 3.10. The van der Waals surface area contributed by atoms with Crippen molar-refractivity contribution in [3.63, 3.8) is 0 Å². The van der Waals surface area contributed by atoms with Crippen molar-refractivity contribution in [2.24, 2.45) is 5.92 Å². The van der Waals surface area contributed by atoms with Gasteiger partial charge in [-0.15, -0.1) is 0 Å². The van der Waals surface area contributed by atoms with Crippen LogP contribution < -0.4 is 10.6 Å². The van der Waals surface area contributed by atoms with Crippen molar-refractivity contribution >= 4 is 36.8 Å². The molecule has 0 bridgehead atoms. The molecule has 1 aromatic heterocycles. The van der Waals surface area contributed by atoms with E-state index >= 15 is 0 Å². The summed E-state index contributed by atoms with van der Waals surface area (Å²) >= 11 is 0. The molecule has 2 atom stereocenters. The second-order valence-corrected chi connectivity index (χ2v) is 7.83. The van der Waals surface area contributed by atoms with Gasteiger partial charge in [-0.3, -0.25) is 19.2 Å². The molecule has 1 fully saturated rings.